The first-order valence-electron chi connectivity index (χ1n) is 8.19. The molecule has 4 N–H and O–H groups in total. The first-order valence-corrected chi connectivity index (χ1v) is 8.19. The molecule has 2 rings (SSSR count). The van der Waals surface area contributed by atoms with Gasteiger partial charge in [-0.15, -0.1) is 0 Å². The molecule has 0 radical (unpaired) electrons. The largest absolute Gasteiger partial charge is 0.480 e. The summed E-state index contributed by atoms with van der Waals surface area (Å²) in [6, 6.07) is 0. The minimum Gasteiger partial charge on any atom is -0.480 e. The number of carboxylic acids is 1. The van der Waals surface area contributed by atoms with Crippen molar-refractivity contribution in [2.75, 3.05) is 0 Å². The summed E-state index contributed by atoms with van der Waals surface area (Å²) in [5, 5.41) is 12.4. The van der Waals surface area contributed by atoms with Gasteiger partial charge in [0.1, 0.15) is 5.54 Å². The molecule has 0 aromatic heterocycles. The fourth-order valence-electron chi connectivity index (χ4n) is 3.71. The minimum absolute atomic E-state index is 0.198. The van der Waals surface area contributed by atoms with Crippen LogP contribution in [0.5, 0.6) is 0 Å². The molecule has 0 aromatic carbocycles. The quantitative estimate of drug-likeness (QED) is 0.741. The average Bonchev–Trinajstić information content (AvgIpc) is 2.41. The molecule has 1 amide bonds. The number of nitrogens with one attached hydrogen (secondary N) is 1. The Bertz CT molecular complexity index is 394. The van der Waals surface area contributed by atoms with Gasteiger partial charge in [-0.25, -0.2) is 4.79 Å². The van der Waals surface area contributed by atoms with Crippen LogP contribution in [0.4, 0.5) is 0 Å². The maximum absolute atomic E-state index is 12.3. The van der Waals surface area contributed by atoms with Crippen LogP contribution in [0, 0.1) is 5.92 Å². The van der Waals surface area contributed by atoms with Gasteiger partial charge in [-0.3, -0.25) is 4.79 Å². The van der Waals surface area contributed by atoms with E-state index in [0.29, 0.717) is 18.8 Å². The molecular formula is C16H28N2O3. The van der Waals surface area contributed by atoms with Gasteiger partial charge in [-0.2, -0.15) is 0 Å². The summed E-state index contributed by atoms with van der Waals surface area (Å²) in [5.74, 6) is -0.567. The molecule has 0 atom stereocenters. The molecule has 2 aliphatic carbocycles. The lowest BCUT2D eigenvalue weighted by atomic mass is 9.76. The Labute approximate surface area is 126 Å². The summed E-state index contributed by atoms with van der Waals surface area (Å²) in [6.07, 6.45) is 8.00. The van der Waals surface area contributed by atoms with Crippen molar-refractivity contribution in [3.8, 4) is 0 Å². The van der Waals surface area contributed by atoms with Crippen LogP contribution in [-0.4, -0.2) is 28.1 Å². The van der Waals surface area contributed by atoms with Crippen LogP contribution in [0.15, 0.2) is 0 Å². The first-order chi connectivity index (χ1) is 9.85. The molecule has 120 valence electrons. The third-order valence-corrected chi connectivity index (χ3v) is 5.28. The van der Waals surface area contributed by atoms with Crippen molar-refractivity contribution in [1.82, 2.24) is 5.32 Å². The molecule has 0 bridgehead atoms. The Hall–Kier alpha value is -1.10. The molecule has 0 unspecified atom stereocenters. The smallest absolute Gasteiger partial charge is 0.329 e. The number of nitrogens with two attached hydrogens (primary N) is 1. The summed E-state index contributed by atoms with van der Waals surface area (Å²) >= 11 is 0. The Morgan fingerprint density at radius 1 is 1.14 bits per heavy atom. The molecule has 0 heterocycles. The van der Waals surface area contributed by atoms with Crippen LogP contribution >= 0.6 is 0 Å². The van der Waals surface area contributed by atoms with Gasteiger partial charge >= 0.3 is 5.97 Å². The summed E-state index contributed by atoms with van der Waals surface area (Å²) in [7, 11) is 0. The average molecular weight is 296 g/mol. The third-order valence-electron chi connectivity index (χ3n) is 5.28. The molecular weight excluding hydrogens is 268 g/mol. The van der Waals surface area contributed by atoms with Crippen molar-refractivity contribution in [3.63, 3.8) is 0 Å². The predicted molar refractivity (Wildman–Crippen MR) is 80.8 cm³/mol. The van der Waals surface area contributed by atoms with Crippen molar-refractivity contribution in [1.29, 1.82) is 0 Å². The van der Waals surface area contributed by atoms with Gasteiger partial charge in [0, 0.05) is 12.0 Å². The highest BCUT2D eigenvalue weighted by Gasteiger charge is 2.43. The zero-order chi connectivity index (χ0) is 15.5. The number of aliphatic carboxylic acids is 1. The number of hydrogen-bond acceptors (Lipinski definition) is 3. The molecule has 0 aromatic rings. The van der Waals surface area contributed by atoms with E-state index < -0.39 is 17.0 Å². The fraction of sp³-hybridized carbons (Fsp3) is 0.875. The standard InChI is InChI=1S/C16H28N2O3/c1-12-5-9-16(10-6-12,14(20)21)18-13(19)11-15(17)7-3-2-4-8-15/h12H,2-11,17H2,1H3,(H,18,19)(H,20,21). The topological polar surface area (TPSA) is 92.4 Å². The van der Waals surface area contributed by atoms with E-state index in [1.165, 1.54) is 6.42 Å². The summed E-state index contributed by atoms with van der Waals surface area (Å²) < 4.78 is 0. The van der Waals surface area contributed by atoms with E-state index in [1.54, 1.807) is 0 Å². The van der Waals surface area contributed by atoms with E-state index in [1.807, 2.05) is 0 Å². The van der Waals surface area contributed by atoms with Gasteiger partial charge in [0.15, 0.2) is 0 Å². The van der Waals surface area contributed by atoms with E-state index in [9.17, 15) is 14.7 Å². The molecule has 2 aliphatic rings. The SMILES string of the molecule is CC1CCC(NC(=O)CC2(N)CCCCC2)(C(=O)O)CC1. The summed E-state index contributed by atoms with van der Waals surface area (Å²) in [4.78, 5) is 24.0. The maximum Gasteiger partial charge on any atom is 0.329 e. The second-order valence-electron chi connectivity index (χ2n) is 7.22. The van der Waals surface area contributed by atoms with E-state index in [0.717, 1.165) is 38.5 Å². The Kier molecular flexibility index (Phi) is 4.91. The lowest BCUT2D eigenvalue weighted by Gasteiger charge is -2.38. The Balaban J connectivity index is 1.97. The highest BCUT2D eigenvalue weighted by molar-refractivity contribution is 5.87. The Morgan fingerprint density at radius 2 is 1.71 bits per heavy atom. The number of carboxylic acid groups (broad SMARTS) is 1. The summed E-state index contributed by atoms with van der Waals surface area (Å²) in [5.41, 5.74) is 4.78. The van der Waals surface area contributed by atoms with Crippen molar-refractivity contribution < 1.29 is 14.7 Å². The number of carbonyl (C=O) groups is 2. The van der Waals surface area contributed by atoms with Crippen LogP contribution in [-0.2, 0) is 9.59 Å². The van der Waals surface area contributed by atoms with Gasteiger partial charge < -0.3 is 16.2 Å². The lowest BCUT2D eigenvalue weighted by molar-refractivity contribution is -0.150. The monoisotopic (exact) mass is 296 g/mol. The minimum atomic E-state index is -1.07. The summed E-state index contributed by atoms with van der Waals surface area (Å²) in [6.45, 7) is 2.13. The number of hydrogen-bond donors (Lipinski definition) is 3. The predicted octanol–water partition coefficient (Wildman–Crippen LogP) is 2.19. The van der Waals surface area contributed by atoms with Gasteiger partial charge in [0.2, 0.25) is 5.91 Å². The van der Waals surface area contributed by atoms with Gasteiger partial charge in [-0.1, -0.05) is 26.2 Å². The second kappa shape index (κ2) is 6.34. The normalized spacial score (nSPS) is 32.4. The second-order valence-corrected chi connectivity index (χ2v) is 7.22. The van der Waals surface area contributed by atoms with Gasteiger partial charge in [0.25, 0.3) is 0 Å². The maximum atomic E-state index is 12.3. The van der Waals surface area contributed by atoms with Gasteiger partial charge in [0.05, 0.1) is 0 Å². The van der Waals surface area contributed by atoms with Crippen LogP contribution in [0.3, 0.4) is 0 Å². The van der Waals surface area contributed by atoms with E-state index in [4.69, 9.17) is 5.73 Å². The van der Waals surface area contributed by atoms with Crippen molar-refractivity contribution in [2.45, 2.75) is 82.2 Å². The van der Waals surface area contributed by atoms with E-state index in [-0.39, 0.29) is 12.3 Å². The molecule has 21 heavy (non-hydrogen) atoms. The van der Waals surface area contributed by atoms with Gasteiger partial charge in [-0.05, 0) is 44.4 Å². The molecule has 0 saturated heterocycles. The molecule has 0 aliphatic heterocycles. The van der Waals surface area contributed by atoms with Crippen LogP contribution in [0.1, 0.15) is 71.1 Å². The van der Waals surface area contributed by atoms with Crippen LogP contribution in [0.25, 0.3) is 0 Å². The highest BCUT2D eigenvalue weighted by Crippen LogP contribution is 2.33. The first kappa shape index (κ1) is 16.3. The zero-order valence-electron chi connectivity index (χ0n) is 13.0. The zero-order valence-corrected chi connectivity index (χ0v) is 13.0. The highest BCUT2D eigenvalue weighted by atomic mass is 16.4. The van der Waals surface area contributed by atoms with Crippen molar-refractivity contribution in [3.05, 3.63) is 0 Å². The lowest BCUT2D eigenvalue weighted by Crippen LogP contribution is -2.58. The molecule has 2 saturated carbocycles. The number of carbonyl (C=O) groups excluding carboxylic acids is 1. The fourth-order valence-corrected chi connectivity index (χ4v) is 3.71. The van der Waals surface area contributed by atoms with E-state index in [2.05, 4.69) is 12.2 Å². The van der Waals surface area contributed by atoms with Crippen molar-refractivity contribution in [2.24, 2.45) is 11.7 Å². The van der Waals surface area contributed by atoms with Crippen LogP contribution in [0.2, 0.25) is 0 Å². The van der Waals surface area contributed by atoms with E-state index >= 15 is 0 Å². The van der Waals surface area contributed by atoms with Crippen molar-refractivity contribution >= 4 is 11.9 Å². The van der Waals surface area contributed by atoms with Crippen LogP contribution < -0.4 is 11.1 Å². The number of rotatable bonds is 4. The number of amides is 1. The Morgan fingerprint density at radius 3 is 2.24 bits per heavy atom. The molecule has 5 nitrogen and oxygen atoms in total. The molecule has 2 fully saturated rings. The third kappa shape index (κ3) is 3.96. The molecule has 5 heteroatoms. The molecule has 0 spiro atoms.